The molecule has 0 saturated heterocycles. The van der Waals surface area contributed by atoms with Crippen molar-refractivity contribution in [1.29, 1.82) is 0 Å². The van der Waals surface area contributed by atoms with E-state index in [4.69, 9.17) is 12.2 Å². The summed E-state index contributed by atoms with van der Waals surface area (Å²) >= 11 is 6.69. The standard InChI is InChI=1S/C13H13N5S2/c1-8(2)10-11(20-17-14-10)12-15-16-13(19)18(12)9-6-4-3-5-7-9/h3-8H,1-2H3,(H,16,19). The molecule has 0 aliphatic carbocycles. The Balaban J connectivity index is 2.22. The van der Waals surface area contributed by atoms with E-state index in [1.165, 1.54) is 11.5 Å². The van der Waals surface area contributed by atoms with Gasteiger partial charge in [-0.25, -0.2) is 0 Å². The quantitative estimate of drug-likeness (QED) is 0.751. The van der Waals surface area contributed by atoms with Crippen molar-refractivity contribution in [3.05, 3.63) is 40.8 Å². The van der Waals surface area contributed by atoms with Crippen molar-refractivity contribution in [2.24, 2.45) is 0 Å². The zero-order valence-electron chi connectivity index (χ0n) is 11.1. The predicted molar refractivity (Wildman–Crippen MR) is 81.7 cm³/mol. The van der Waals surface area contributed by atoms with E-state index in [1.54, 1.807) is 0 Å². The lowest BCUT2D eigenvalue weighted by molar-refractivity contribution is 0.811. The first-order valence-electron chi connectivity index (χ1n) is 6.24. The molecule has 0 radical (unpaired) electrons. The van der Waals surface area contributed by atoms with Gasteiger partial charge in [0.2, 0.25) is 0 Å². The maximum Gasteiger partial charge on any atom is 0.200 e. The van der Waals surface area contributed by atoms with Crippen LogP contribution in [-0.2, 0) is 0 Å². The summed E-state index contributed by atoms with van der Waals surface area (Å²) < 4.78 is 6.53. The Bertz CT molecular complexity index is 769. The van der Waals surface area contributed by atoms with E-state index in [1.807, 2.05) is 34.9 Å². The molecule has 0 bridgehead atoms. The summed E-state index contributed by atoms with van der Waals surface area (Å²) in [5, 5.41) is 11.4. The molecule has 0 saturated carbocycles. The smallest absolute Gasteiger partial charge is 0.200 e. The zero-order valence-corrected chi connectivity index (χ0v) is 12.7. The fraction of sp³-hybridized carbons (Fsp3) is 0.231. The van der Waals surface area contributed by atoms with E-state index < -0.39 is 0 Å². The summed E-state index contributed by atoms with van der Waals surface area (Å²) in [6.45, 7) is 4.18. The highest BCUT2D eigenvalue weighted by atomic mass is 32.1. The first-order chi connectivity index (χ1) is 9.68. The van der Waals surface area contributed by atoms with Gasteiger partial charge in [0.05, 0.1) is 5.69 Å². The lowest BCUT2D eigenvalue weighted by Crippen LogP contribution is -1.99. The highest BCUT2D eigenvalue weighted by Gasteiger charge is 2.19. The number of H-pyrrole nitrogens is 1. The van der Waals surface area contributed by atoms with Crippen LogP contribution >= 0.6 is 23.8 Å². The summed E-state index contributed by atoms with van der Waals surface area (Å²) in [6, 6.07) is 9.92. The largest absolute Gasteiger partial charge is 0.267 e. The Labute approximate surface area is 125 Å². The van der Waals surface area contributed by atoms with Gasteiger partial charge in [-0.1, -0.05) is 36.5 Å². The number of hydrogen-bond donors (Lipinski definition) is 1. The Morgan fingerprint density at radius 2 is 2.00 bits per heavy atom. The van der Waals surface area contributed by atoms with E-state index in [0.717, 1.165) is 22.1 Å². The van der Waals surface area contributed by atoms with Gasteiger partial charge >= 0.3 is 0 Å². The van der Waals surface area contributed by atoms with Crippen molar-refractivity contribution in [2.75, 3.05) is 0 Å². The van der Waals surface area contributed by atoms with Gasteiger partial charge in [0.15, 0.2) is 10.6 Å². The molecule has 7 heteroatoms. The first kappa shape index (κ1) is 13.1. The number of rotatable bonds is 3. The second-order valence-corrected chi connectivity index (χ2v) is 5.81. The molecule has 2 aromatic heterocycles. The van der Waals surface area contributed by atoms with E-state index in [9.17, 15) is 0 Å². The fourth-order valence-corrected chi connectivity index (χ4v) is 3.03. The van der Waals surface area contributed by atoms with Crippen molar-refractivity contribution < 1.29 is 0 Å². The summed E-state index contributed by atoms with van der Waals surface area (Å²) in [5.74, 6) is 1.05. The third kappa shape index (κ3) is 2.19. The number of aromatic nitrogens is 5. The van der Waals surface area contributed by atoms with Gasteiger partial charge < -0.3 is 0 Å². The molecule has 3 rings (SSSR count). The molecule has 0 amide bonds. The second-order valence-electron chi connectivity index (χ2n) is 4.67. The molecule has 0 atom stereocenters. The van der Waals surface area contributed by atoms with Gasteiger partial charge in [0.25, 0.3) is 0 Å². The Hall–Kier alpha value is -1.86. The van der Waals surface area contributed by atoms with Gasteiger partial charge in [-0.05, 0) is 41.8 Å². The zero-order chi connectivity index (χ0) is 14.1. The van der Waals surface area contributed by atoms with Gasteiger partial charge in [-0.15, -0.1) is 5.10 Å². The Morgan fingerprint density at radius 3 is 2.70 bits per heavy atom. The average Bonchev–Trinajstić information content (AvgIpc) is 3.05. The first-order valence-corrected chi connectivity index (χ1v) is 7.42. The predicted octanol–water partition coefficient (Wildman–Crippen LogP) is 3.57. The van der Waals surface area contributed by atoms with Crippen molar-refractivity contribution in [3.63, 3.8) is 0 Å². The molecule has 0 unspecified atom stereocenters. The van der Waals surface area contributed by atoms with E-state index in [2.05, 4.69) is 33.6 Å². The molecule has 1 N–H and O–H groups in total. The maximum absolute atomic E-state index is 5.35. The normalized spacial score (nSPS) is 11.2. The van der Waals surface area contributed by atoms with Crippen LogP contribution in [0.25, 0.3) is 16.4 Å². The van der Waals surface area contributed by atoms with E-state index in [0.29, 0.717) is 10.7 Å². The maximum atomic E-state index is 5.35. The lowest BCUT2D eigenvalue weighted by atomic mass is 10.1. The molecule has 5 nitrogen and oxygen atoms in total. The summed E-state index contributed by atoms with van der Waals surface area (Å²) in [5.41, 5.74) is 1.92. The van der Waals surface area contributed by atoms with E-state index in [-0.39, 0.29) is 0 Å². The van der Waals surface area contributed by atoms with Crippen LogP contribution < -0.4 is 0 Å². The number of aromatic amines is 1. The number of nitrogens with zero attached hydrogens (tertiary/aromatic N) is 4. The van der Waals surface area contributed by atoms with Crippen molar-refractivity contribution >= 4 is 23.8 Å². The lowest BCUT2D eigenvalue weighted by Gasteiger charge is -2.07. The number of para-hydroxylation sites is 1. The van der Waals surface area contributed by atoms with Gasteiger partial charge in [-0.3, -0.25) is 9.67 Å². The van der Waals surface area contributed by atoms with Gasteiger partial charge in [0, 0.05) is 5.69 Å². The van der Waals surface area contributed by atoms with Crippen molar-refractivity contribution in [1.82, 2.24) is 24.4 Å². The minimum atomic E-state index is 0.290. The van der Waals surface area contributed by atoms with Crippen LogP contribution in [0.1, 0.15) is 25.5 Å². The Morgan fingerprint density at radius 1 is 1.25 bits per heavy atom. The molecular formula is C13H13N5S2. The number of nitrogens with one attached hydrogen (secondary N) is 1. The number of benzene rings is 1. The molecular weight excluding hydrogens is 290 g/mol. The van der Waals surface area contributed by atoms with Crippen molar-refractivity contribution in [2.45, 2.75) is 19.8 Å². The highest BCUT2D eigenvalue weighted by molar-refractivity contribution is 7.71. The molecule has 3 aromatic rings. The third-order valence-electron chi connectivity index (χ3n) is 2.95. The average molecular weight is 303 g/mol. The number of hydrogen-bond acceptors (Lipinski definition) is 5. The van der Waals surface area contributed by atoms with Crippen LogP contribution in [0.4, 0.5) is 0 Å². The molecule has 0 aliphatic heterocycles. The highest BCUT2D eigenvalue weighted by Crippen LogP contribution is 2.30. The SMILES string of the molecule is CC(C)c1nnsc1-c1n[nH]c(=S)n1-c1ccccc1. The van der Waals surface area contributed by atoms with Gasteiger partial charge in [-0.2, -0.15) is 5.10 Å². The van der Waals surface area contributed by atoms with Crippen LogP contribution in [0.3, 0.4) is 0 Å². The summed E-state index contributed by atoms with van der Waals surface area (Å²) in [7, 11) is 0. The van der Waals surface area contributed by atoms with Crippen molar-refractivity contribution in [3.8, 4) is 16.4 Å². The minimum Gasteiger partial charge on any atom is -0.267 e. The molecule has 2 heterocycles. The molecule has 0 fully saturated rings. The molecule has 1 aromatic carbocycles. The summed E-state index contributed by atoms with van der Waals surface area (Å²) in [6.07, 6.45) is 0. The fourth-order valence-electron chi connectivity index (χ4n) is 2.00. The molecule has 0 aliphatic rings. The van der Waals surface area contributed by atoms with E-state index >= 15 is 0 Å². The Kier molecular flexibility index (Phi) is 3.45. The van der Waals surface area contributed by atoms with Crippen LogP contribution in [0.2, 0.25) is 0 Å². The minimum absolute atomic E-state index is 0.290. The summed E-state index contributed by atoms with van der Waals surface area (Å²) in [4.78, 5) is 0.955. The van der Waals surface area contributed by atoms with Crippen LogP contribution in [0, 0.1) is 4.77 Å². The van der Waals surface area contributed by atoms with Crippen LogP contribution in [0.15, 0.2) is 30.3 Å². The topological polar surface area (TPSA) is 59.4 Å². The van der Waals surface area contributed by atoms with Crippen LogP contribution in [-0.4, -0.2) is 24.4 Å². The molecule has 20 heavy (non-hydrogen) atoms. The van der Waals surface area contributed by atoms with Gasteiger partial charge in [0.1, 0.15) is 4.88 Å². The third-order valence-corrected chi connectivity index (χ3v) is 3.96. The van der Waals surface area contributed by atoms with Crippen LogP contribution in [0.5, 0.6) is 0 Å². The molecule has 102 valence electrons. The second kappa shape index (κ2) is 5.26. The molecule has 0 spiro atoms. The monoisotopic (exact) mass is 303 g/mol.